The zero-order valence-electron chi connectivity index (χ0n) is 11.5. The molecule has 0 saturated carbocycles. The molecule has 0 aromatic heterocycles. The summed E-state index contributed by atoms with van der Waals surface area (Å²) in [5, 5.41) is 0. The topological polar surface area (TPSA) is 26.3 Å². The molecule has 0 aliphatic heterocycles. The number of hydrogen-bond donors (Lipinski definition) is 0. The van der Waals surface area contributed by atoms with Crippen LogP contribution in [0.4, 0.5) is 0 Å². The van der Waals surface area contributed by atoms with Gasteiger partial charge in [0.1, 0.15) is 5.60 Å². The van der Waals surface area contributed by atoms with Crippen LogP contribution in [-0.2, 0) is 9.53 Å². The van der Waals surface area contributed by atoms with Crippen LogP contribution in [0.25, 0.3) is 0 Å². The summed E-state index contributed by atoms with van der Waals surface area (Å²) in [5.41, 5.74) is -0.381. The van der Waals surface area contributed by atoms with E-state index in [2.05, 4.69) is 13.0 Å². The molecule has 94 valence electrons. The van der Waals surface area contributed by atoms with E-state index in [0.29, 0.717) is 5.92 Å². The molecular formula is C14H26O2. The Morgan fingerprint density at radius 2 is 1.88 bits per heavy atom. The Morgan fingerprint density at radius 3 is 2.31 bits per heavy atom. The summed E-state index contributed by atoms with van der Waals surface area (Å²) in [6, 6.07) is 0. The van der Waals surface area contributed by atoms with Crippen molar-refractivity contribution in [1.82, 2.24) is 0 Å². The van der Waals surface area contributed by atoms with Crippen LogP contribution in [0.1, 0.15) is 54.4 Å². The lowest BCUT2D eigenvalue weighted by Gasteiger charge is -2.25. The third kappa shape index (κ3) is 6.65. The third-order valence-corrected chi connectivity index (χ3v) is 2.66. The molecule has 2 unspecified atom stereocenters. The third-order valence-electron chi connectivity index (χ3n) is 2.66. The van der Waals surface area contributed by atoms with E-state index < -0.39 is 0 Å². The number of esters is 1. The molecule has 0 aliphatic rings. The molecule has 0 aromatic rings. The van der Waals surface area contributed by atoms with Crippen LogP contribution in [-0.4, -0.2) is 11.6 Å². The van der Waals surface area contributed by atoms with Crippen LogP contribution in [0.15, 0.2) is 12.2 Å². The van der Waals surface area contributed by atoms with Crippen molar-refractivity contribution in [3.63, 3.8) is 0 Å². The van der Waals surface area contributed by atoms with Crippen LogP contribution in [0.3, 0.4) is 0 Å². The summed E-state index contributed by atoms with van der Waals surface area (Å²) < 4.78 is 5.37. The maximum atomic E-state index is 11.8. The molecule has 2 atom stereocenters. The summed E-state index contributed by atoms with van der Waals surface area (Å²) in [6.07, 6.45) is 6.25. The first-order chi connectivity index (χ1) is 7.28. The zero-order valence-corrected chi connectivity index (χ0v) is 11.5. The highest BCUT2D eigenvalue weighted by molar-refractivity contribution is 5.72. The summed E-state index contributed by atoms with van der Waals surface area (Å²) in [5.74, 6) is 0.260. The van der Waals surface area contributed by atoms with Crippen molar-refractivity contribution in [1.29, 1.82) is 0 Å². The first-order valence-electron chi connectivity index (χ1n) is 6.12. The van der Waals surface area contributed by atoms with Gasteiger partial charge in [-0.2, -0.15) is 0 Å². The number of rotatable bonds is 5. The first-order valence-corrected chi connectivity index (χ1v) is 6.12. The van der Waals surface area contributed by atoms with E-state index >= 15 is 0 Å². The lowest BCUT2D eigenvalue weighted by Crippen LogP contribution is -2.30. The van der Waals surface area contributed by atoms with Gasteiger partial charge in [0.15, 0.2) is 0 Å². The van der Waals surface area contributed by atoms with Crippen molar-refractivity contribution in [3.8, 4) is 0 Å². The number of allylic oxidation sites excluding steroid dienone is 2. The second-order valence-corrected chi connectivity index (χ2v) is 5.45. The smallest absolute Gasteiger partial charge is 0.309 e. The molecule has 0 aromatic carbocycles. The molecule has 0 spiro atoms. The van der Waals surface area contributed by atoms with E-state index in [1.807, 2.05) is 40.7 Å². The molecule has 0 heterocycles. The fourth-order valence-electron chi connectivity index (χ4n) is 1.40. The number of carbonyl (C=O) groups excluding carboxylic acids is 1. The summed E-state index contributed by atoms with van der Waals surface area (Å²) >= 11 is 0. The van der Waals surface area contributed by atoms with Gasteiger partial charge in [-0.15, -0.1) is 0 Å². The molecule has 0 radical (unpaired) electrons. The van der Waals surface area contributed by atoms with E-state index in [9.17, 15) is 4.79 Å². The second-order valence-electron chi connectivity index (χ2n) is 5.45. The number of hydrogen-bond acceptors (Lipinski definition) is 2. The number of ether oxygens (including phenoxy) is 1. The summed E-state index contributed by atoms with van der Waals surface area (Å²) in [7, 11) is 0. The van der Waals surface area contributed by atoms with E-state index in [0.717, 1.165) is 12.8 Å². The normalized spacial score (nSPS) is 16.1. The van der Waals surface area contributed by atoms with Crippen molar-refractivity contribution in [2.24, 2.45) is 11.8 Å². The Labute approximate surface area is 100 Å². The van der Waals surface area contributed by atoms with Gasteiger partial charge in [-0.25, -0.2) is 0 Å². The van der Waals surface area contributed by atoms with E-state index in [-0.39, 0.29) is 17.5 Å². The Hall–Kier alpha value is -0.790. The van der Waals surface area contributed by atoms with E-state index in [1.54, 1.807) is 0 Å². The van der Waals surface area contributed by atoms with Gasteiger partial charge in [0, 0.05) is 0 Å². The SMILES string of the molecule is CC=CCCC(C)C(C)C(=O)OC(C)(C)C. The van der Waals surface area contributed by atoms with Gasteiger partial charge < -0.3 is 4.74 Å². The zero-order chi connectivity index (χ0) is 12.8. The standard InChI is InChI=1S/C14H26O2/c1-7-8-9-10-11(2)12(3)13(15)16-14(4,5)6/h7-8,11-12H,9-10H2,1-6H3. The van der Waals surface area contributed by atoms with Gasteiger partial charge in [-0.1, -0.05) is 26.0 Å². The number of carbonyl (C=O) groups is 1. The molecule has 0 N–H and O–H groups in total. The average Bonchev–Trinajstić information content (AvgIpc) is 2.14. The summed E-state index contributed by atoms with van der Waals surface area (Å²) in [4.78, 5) is 11.8. The monoisotopic (exact) mass is 226 g/mol. The average molecular weight is 226 g/mol. The highest BCUT2D eigenvalue weighted by atomic mass is 16.6. The van der Waals surface area contributed by atoms with Crippen LogP contribution in [0.2, 0.25) is 0 Å². The van der Waals surface area contributed by atoms with E-state index in [4.69, 9.17) is 4.74 Å². The highest BCUT2D eigenvalue weighted by Crippen LogP contribution is 2.21. The molecular weight excluding hydrogens is 200 g/mol. The Bertz CT molecular complexity index is 236. The minimum atomic E-state index is -0.381. The first kappa shape index (κ1) is 15.2. The lowest BCUT2D eigenvalue weighted by atomic mass is 9.91. The Kier molecular flexibility index (Phi) is 6.39. The van der Waals surface area contributed by atoms with Crippen molar-refractivity contribution in [2.75, 3.05) is 0 Å². The van der Waals surface area contributed by atoms with Crippen molar-refractivity contribution < 1.29 is 9.53 Å². The largest absolute Gasteiger partial charge is 0.460 e. The summed E-state index contributed by atoms with van der Waals surface area (Å²) in [6.45, 7) is 11.8. The van der Waals surface area contributed by atoms with Crippen LogP contribution < -0.4 is 0 Å². The molecule has 0 fully saturated rings. The quantitative estimate of drug-likeness (QED) is 0.524. The predicted octanol–water partition coefficient (Wildman–Crippen LogP) is 3.96. The minimum Gasteiger partial charge on any atom is -0.460 e. The van der Waals surface area contributed by atoms with Gasteiger partial charge in [-0.3, -0.25) is 4.79 Å². The van der Waals surface area contributed by atoms with Crippen molar-refractivity contribution >= 4 is 5.97 Å². The fraction of sp³-hybridized carbons (Fsp3) is 0.786. The maximum Gasteiger partial charge on any atom is 0.309 e. The van der Waals surface area contributed by atoms with E-state index in [1.165, 1.54) is 0 Å². The van der Waals surface area contributed by atoms with Gasteiger partial charge in [-0.05, 0) is 46.5 Å². The molecule has 0 amide bonds. The maximum absolute atomic E-state index is 11.8. The molecule has 0 bridgehead atoms. The molecule has 16 heavy (non-hydrogen) atoms. The molecule has 0 saturated heterocycles. The van der Waals surface area contributed by atoms with Gasteiger partial charge in [0.2, 0.25) is 0 Å². The molecule has 2 nitrogen and oxygen atoms in total. The van der Waals surface area contributed by atoms with Gasteiger partial charge in [0.05, 0.1) is 5.92 Å². The van der Waals surface area contributed by atoms with Gasteiger partial charge >= 0.3 is 5.97 Å². The second kappa shape index (κ2) is 6.72. The lowest BCUT2D eigenvalue weighted by molar-refractivity contribution is -0.161. The molecule has 2 heteroatoms. The van der Waals surface area contributed by atoms with Crippen molar-refractivity contribution in [3.05, 3.63) is 12.2 Å². The molecule has 0 aliphatic carbocycles. The highest BCUT2D eigenvalue weighted by Gasteiger charge is 2.25. The van der Waals surface area contributed by atoms with Crippen LogP contribution >= 0.6 is 0 Å². The van der Waals surface area contributed by atoms with Crippen LogP contribution in [0.5, 0.6) is 0 Å². The Balaban J connectivity index is 4.11. The Morgan fingerprint density at radius 1 is 1.31 bits per heavy atom. The van der Waals surface area contributed by atoms with Gasteiger partial charge in [0.25, 0.3) is 0 Å². The van der Waals surface area contributed by atoms with Crippen LogP contribution in [0, 0.1) is 11.8 Å². The van der Waals surface area contributed by atoms with Crippen molar-refractivity contribution in [2.45, 2.75) is 60.0 Å². The minimum absolute atomic E-state index is 0.0236. The predicted molar refractivity (Wildman–Crippen MR) is 68.2 cm³/mol. The fourth-order valence-corrected chi connectivity index (χ4v) is 1.40. The molecule has 0 rings (SSSR count).